The summed E-state index contributed by atoms with van der Waals surface area (Å²) in [6, 6.07) is 6.29. The quantitative estimate of drug-likeness (QED) is 0.463. The number of imidazole rings is 1. The van der Waals surface area contributed by atoms with Crippen molar-refractivity contribution in [1.82, 2.24) is 34.7 Å². The van der Waals surface area contributed by atoms with Crippen LogP contribution in [0.5, 0.6) is 0 Å². The molecule has 0 aromatic carbocycles. The van der Waals surface area contributed by atoms with E-state index in [0.29, 0.717) is 0 Å². The SMILES string of the molecule is Cc1ncc(-c2cc3c(-c4cc5c(N6CCCCC6)nccc5[nH]4)n[nH]c3cn2)n1C. The first-order chi connectivity index (χ1) is 15.2. The minimum atomic E-state index is 0.880. The van der Waals surface area contributed by atoms with E-state index in [1.165, 1.54) is 19.3 Å². The third-order valence-electron chi connectivity index (χ3n) is 6.37. The monoisotopic (exact) mass is 412 g/mol. The Kier molecular flexibility index (Phi) is 4.05. The van der Waals surface area contributed by atoms with E-state index in [4.69, 9.17) is 4.98 Å². The lowest BCUT2D eigenvalue weighted by Gasteiger charge is -2.28. The highest BCUT2D eigenvalue weighted by atomic mass is 15.2. The first-order valence-electron chi connectivity index (χ1n) is 10.7. The van der Waals surface area contributed by atoms with E-state index in [9.17, 15) is 0 Å². The van der Waals surface area contributed by atoms with Crippen LogP contribution in [0.3, 0.4) is 0 Å². The lowest BCUT2D eigenvalue weighted by atomic mass is 10.1. The number of pyridine rings is 2. The third kappa shape index (κ3) is 2.90. The Labute approximate surface area is 179 Å². The number of anilines is 1. The Balaban J connectivity index is 1.47. The predicted molar refractivity (Wildman–Crippen MR) is 122 cm³/mol. The summed E-state index contributed by atoms with van der Waals surface area (Å²) in [6.45, 7) is 4.12. The maximum atomic E-state index is 4.71. The van der Waals surface area contributed by atoms with Crippen LogP contribution in [0.2, 0.25) is 0 Å². The van der Waals surface area contributed by atoms with Crippen LogP contribution in [0.4, 0.5) is 5.82 Å². The predicted octanol–water partition coefficient (Wildman–Crippen LogP) is 4.20. The number of aryl methyl sites for hydroxylation is 1. The molecule has 0 atom stereocenters. The zero-order chi connectivity index (χ0) is 20.9. The van der Waals surface area contributed by atoms with Crippen LogP contribution in [0.25, 0.3) is 44.6 Å². The molecule has 0 bridgehead atoms. The average Bonchev–Trinajstić information content (AvgIpc) is 3.50. The van der Waals surface area contributed by atoms with Crippen molar-refractivity contribution in [2.24, 2.45) is 7.05 Å². The number of hydrogen-bond acceptors (Lipinski definition) is 5. The molecule has 2 N–H and O–H groups in total. The molecule has 6 rings (SSSR count). The summed E-state index contributed by atoms with van der Waals surface area (Å²) in [5, 5.41) is 9.92. The number of nitrogens with zero attached hydrogens (tertiary/aromatic N) is 6. The van der Waals surface area contributed by atoms with E-state index >= 15 is 0 Å². The van der Waals surface area contributed by atoms with Gasteiger partial charge in [0.05, 0.1) is 40.5 Å². The minimum absolute atomic E-state index is 0.880. The molecule has 6 heterocycles. The van der Waals surface area contributed by atoms with Gasteiger partial charge in [0.25, 0.3) is 0 Å². The van der Waals surface area contributed by atoms with E-state index < -0.39 is 0 Å². The molecule has 8 nitrogen and oxygen atoms in total. The topological polar surface area (TPSA) is 91.3 Å². The molecule has 1 aliphatic heterocycles. The van der Waals surface area contributed by atoms with E-state index in [2.05, 4.69) is 42.2 Å². The van der Waals surface area contributed by atoms with Crippen molar-refractivity contribution in [2.75, 3.05) is 18.0 Å². The molecule has 5 aromatic heterocycles. The van der Waals surface area contributed by atoms with Gasteiger partial charge in [0.1, 0.15) is 17.3 Å². The second-order valence-electron chi connectivity index (χ2n) is 8.26. The van der Waals surface area contributed by atoms with Crippen LogP contribution in [0.1, 0.15) is 25.1 Å². The standard InChI is InChI=1S/C23H24N8/c1-14-25-13-21(30(14)2)18-10-15-20(12-26-18)28-29-22(15)19-11-16-17(27-19)6-7-24-23(16)31-8-4-3-5-9-31/h6-7,10-13,27H,3-5,8-9H2,1-2H3,(H,28,29). The molecule has 1 fully saturated rings. The molecule has 0 radical (unpaired) electrons. The number of aromatic amines is 2. The van der Waals surface area contributed by atoms with Gasteiger partial charge in [0.15, 0.2) is 0 Å². The minimum Gasteiger partial charge on any atom is -0.356 e. The Morgan fingerprint density at radius 2 is 1.81 bits per heavy atom. The summed E-state index contributed by atoms with van der Waals surface area (Å²) >= 11 is 0. The van der Waals surface area contributed by atoms with Crippen molar-refractivity contribution in [2.45, 2.75) is 26.2 Å². The molecule has 0 spiro atoms. The first-order valence-corrected chi connectivity index (χ1v) is 10.7. The zero-order valence-electron chi connectivity index (χ0n) is 17.7. The van der Waals surface area contributed by atoms with E-state index in [1.807, 2.05) is 43.2 Å². The number of hydrogen-bond donors (Lipinski definition) is 2. The summed E-state index contributed by atoms with van der Waals surface area (Å²) in [6.07, 6.45) is 9.35. The normalized spacial score (nSPS) is 14.7. The number of rotatable bonds is 3. The number of aromatic nitrogens is 7. The highest BCUT2D eigenvalue weighted by molar-refractivity contribution is 5.99. The number of fused-ring (bicyclic) bond motifs is 2. The third-order valence-corrected chi connectivity index (χ3v) is 6.37. The van der Waals surface area contributed by atoms with Gasteiger partial charge in [-0.2, -0.15) is 5.10 Å². The van der Waals surface area contributed by atoms with Gasteiger partial charge in [-0.1, -0.05) is 0 Å². The first kappa shape index (κ1) is 18.1. The highest BCUT2D eigenvalue weighted by Gasteiger charge is 2.19. The average molecular weight is 413 g/mol. The van der Waals surface area contributed by atoms with Crippen LogP contribution in [0, 0.1) is 6.92 Å². The van der Waals surface area contributed by atoms with Crippen molar-refractivity contribution in [1.29, 1.82) is 0 Å². The van der Waals surface area contributed by atoms with Crippen LogP contribution >= 0.6 is 0 Å². The maximum absolute atomic E-state index is 4.71. The van der Waals surface area contributed by atoms with Crippen molar-refractivity contribution in [3.8, 4) is 22.8 Å². The molecule has 0 aliphatic carbocycles. The molecule has 31 heavy (non-hydrogen) atoms. The highest BCUT2D eigenvalue weighted by Crippen LogP contribution is 2.34. The van der Waals surface area contributed by atoms with Gasteiger partial charge in [0.2, 0.25) is 0 Å². The lowest BCUT2D eigenvalue weighted by molar-refractivity contribution is 0.575. The Morgan fingerprint density at radius 3 is 2.61 bits per heavy atom. The summed E-state index contributed by atoms with van der Waals surface area (Å²) in [5.41, 5.74) is 5.72. The summed E-state index contributed by atoms with van der Waals surface area (Å²) in [4.78, 5) is 19.7. The van der Waals surface area contributed by atoms with Crippen LogP contribution in [-0.4, -0.2) is 47.8 Å². The molecule has 0 saturated carbocycles. The van der Waals surface area contributed by atoms with Crippen LogP contribution in [-0.2, 0) is 7.05 Å². The molecule has 0 unspecified atom stereocenters. The van der Waals surface area contributed by atoms with Crippen molar-refractivity contribution in [3.63, 3.8) is 0 Å². The van der Waals surface area contributed by atoms with Gasteiger partial charge in [-0.3, -0.25) is 10.1 Å². The Morgan fingerprint density at radius 1 is 0.935 bits per heavy atom. The molecular weight excluding hydrogens is 388 g/mol. The molecule has 1 aliphatic rings. The van der Waals surface area contributed by atoms with E-state index in [1.54, 1.807) is 0 Å². The maximum Gasteiger partial charge on any atom is 0.137 e. The largest absolute Gasteiger partial charge is 0.356 e. The molecule has 5 aromatic rings. The number of piperidine rings is 1. The fraction of sp³-hybridized carbons (Fsp3) is 0.304. The smallest absolute Gasteiger partial charge is 0.137 e. The second kappa shape index (κ2) is 6.94. The van der Waals surface area contributed by atoms with Gasteiger partial charge < -0.3 is 14.5 Å². The number of nitrogens with one attached hydrogen (secondary N) is 2. The summed E-state index contributed by atoms with van der Waals surface area (Å²) in [5.74, 6) is 2.02. The van der Waals surface area contributed by atoms with E-state index in [0.717, 1.165) is 69.3 Å². The number of H-pyrrole nitrogens is 2. The van der Waals surface area contributed by atoms with E-state index in [-0.39, 0.29) is 0 Å². The van der Waals surface area contributed by atoms with Crippen molar-refractivity contribution in [3.05, 3.63) is 42.6 Å². The molecule has 1 saturated heterocycles. The zero-order valence-corrected chi connectivity index (χ0v) is 17.7. The lowest BCUT2D eigenvalue weighted by Crippen LogP contribution is -2.30. The Hall–Kier alpha value is -3.68. The summed E-state index contributed by atoms with van der Waals surface area (Å²) < 4.78 is 2.05. The van der Waals surface area contributed by atoms with Crippen LogP contribution in [0.15, 0.2) is 36.8 Å². The van der Waals surface area contributed by atoms with Crippen molar-refractivity contribution >= 4 is 27.6 Å². The molecule has 8 heteroatoms. The van der Waals surface area contributed by atoms with Crippen molar-refractivity contribution < 1.29 is 0 Å². The van der Waals surface area contributed by atoms with Gasteiger partial charge in [-0.25, -0.2) is 9.97 Å². The molecule has 0 amide bonds. The van der Waals surface area contributed by atoms with Gasteiger partial charge >= 0.3 is 0 Å². The van der Waals surface area contributed by atoms with Gasteiger partial charge in [-0.05, 0) is 44.4 Å². The van der Waals surface area contributed by atoms with Gasteiger partial charge in [-0.15, -0.1) is 0 Å². The van der Waals surface area contributed by atoms with Gasteiger partial charge in [0, 0.05) is 37.1 Å². The molecule has 156 valence electrons. The molecular formula is C23H24N8. The Bertz CT molecular complexity index is 1400. The summed E-state index contributed by atoms with van der Waals surface area (Å²) in [7, 11) is 2.01. The van der Waals surface area contributed by atoms with Crippen LogP contribution < -0.4 is 4.90 Å². The second-order valence-corrected chi connectivity index (χ2v) is 8.26. The fourth-order valence-corrected chi connectivity index (χ4v) is 4.53. The fourth-order valence-electron chi connectivity index (χ4n) is 4.53.